The highest BCUT2D eigenvalue weighted by Crippen LogP contribution is 2.43. The van der Waals surface area contributed by atoms with Crippen LogP contribution in [-0.4, -0.2) is 39.8 Å². The van der Waals surface area contributed by atoms with Gasteiger partial charge in [-0.25, -0.2) is 4.57 Å². The SMILES string of the molecule is CC(=O)O[C@H]1[C@H](C)O[C@@H](OP(=O)(O)O)C[C@]1(C)N=[N+]=[N-]. The third-order valence-corrected chi connectivity index (χ3v) is 3.32. The number of rotatable bonds is 4. The molecule has 0 aliphatic carbocycles. The minimum absolute atomic E-state index is 0.162. The minimum Gasteiger partial charge on any atom is -0.459 e. The molecule has 1 heterocycles. The monoisotopic (exact) mass is 309 g/mol. The van der Waals surface area contributed by atoms with Crippen LogP contribution in [0.2, 0.25) is 0 Å². The second-order valence-corrected chi connectivity index (χ2v) is 5.84. The van der Waals surface area contributed by atoms with Gasteiger partial charge < -0.3 is 19.3 Å². The molecule has 20 heavy (non-hydrogen) atoms. The Kier molecular flexibility index (Phi) is 5.15. The van der Waals surface area contributed by atoms with Crippen molar-refractivity contribution in [1.29, 1.82) is 0 Å². The van der Waals surface area contributed by atoms with Crippen LogP contribution in [0.4, 0.5) is 0 Å². The third kappa shape index (κ3) is 4.45. The number of phosphoric acid groups is 1. The van der Waals surface area contributed by atoms with Crippen molar-refractivity contribution in [2.24, 2.45) is 5.11 Å². The fourth-order valence-electron chi connectivity index (χ4n) is 2.13. The highest BCUT2D eigenvalue weighted by Gasteiger charge is 2.48. The highest BCUT2D eigenvalue weighted by molar-refractivity contribution is 7.46. The molecule has 0 amide bonds. The number of azide groups is 1. The average Bonchev–Trinajstić information content (AvgIpc) is 2.21. The first-order valence-electron chi connectivity index (χ1n) is 5.70. The predicted octanol–water partition coefficient (Wildman–Crippen LogP) is 1.23. The summed E-state index contributed by atoms with van der Waals surface area (Å²) in [5.41, 5.74) is 7.39. The van der Waals surface area contributed by atoms with E-state index in [2.05, 4.69) is 14.5 Å². The fourth-order valence-corrected chi connectivity index (χ4v) is 2.57. The first kappa shape index (κ1) is 16.9. The second kappa shape index (κ2) is 6.09. The van der Waals surface area contributed by atoms with E-state index in [1.54, 1.807) is 0 Å². The summed E-state index contributed by atoms with van der Waals surface area (Å²) in [5.74, 6) is -0.584. The smallest absolute Gasteiger partial charge is 0.459 e. The second-order valence-electron chi connectivity index (χ2n) is 4.65. The third-order valence-electron chi connectivity index (χ3n) is 2.81. The van der Waals surface area contributed by atoms with E-state index in [0.29, 0.717) is 0 Å². The van der Waals surface area contributed by atoms with E-state index in [1.165, 1.54) is 20.8 Å². The molecule has 1 aliphatic heterocycles. The number of esters is 1. The molecule has 0 spiro atoms. The van der Waals surface area contributed by atoms with Crippen LogP contribution in [0.5, 0.6) is 0 Å². The summed E-state index contributed by atoms with van der Waals surface area (Å²) in [6, 6.07) is 0. The number of ether oxygens (including phenoxy) is 2. The lowest BCUT2D eigenvalue weighted by Crippen LogP contribution is -2.55. The maximum absolute atomic E-state index is 11.1. The Labute approximate surface area is 114 Å². The first-order chi connectivity index (χ1) is 9.07. The Morgan fingerprint density at radius 3 is 2.65 bits per heavy atom. The lowest BCUT2D eigenvalue weighted by molar-refractivity contribution is -0.220. The van der Waals surface area contributed by atoms with Gasteiger partial charge in [0, 0.05) is 18.3 Å². The van der Waals surface area contributed by atoms with E-state index >= 15 is 0 Å². The quantitative estimate of drug-likeness (QED) is 0.260. The molecule has 0 unspecified atom stereocenters. The number of phosphoric ester groups is 1. The molecule has 114 valence electrons. The molecule has 1 fully saturated rings. The van der Waals surface area contributed by atoms with Crippen molar-refractivity contribution in [2.45, 2.75) is 51.2 Å². The van der Waals surface area contributed by atoms with Crippen LogP contribution in [0.25, 0.3) is 10.4 Å². The van der Waals surface area contributed by atoms with Crippen molar-refractivity contribution in [2.75, 3.05) is 0 Å². The highest BCUT2D eigenvalue weighted by atomic mass is 31.2. The molecule has 1 aliphatic rings. The number of hydrogen-bond donors (Lipinski definition) is 2. The largest absolute Gasteiger partial charge is 0.471 e. The van der Waals surface area contributed by atoms with Crippen LogP contribution < -0.4 is 0 Å². The summed E-state index contributed by atoms with van der Waals surface area (Å²) in [5, 5.41) is 3.57. The van der Waals surface area contributed by atoms with Crippen LogP contribution in [-0.2, 0) is 23.4 Å². The molecule has 10 nitrogen and oxygen atoms in total. The lowest BCUT2D eigenvalue weighted by Gasteiger charge is -2.43. The molecular weight excluding hydrogens is 293 g/mol. The topological polar surface area (TPSA) is 151 Å². The molecule has 0 aromatic rings. The molecule has 0 bridgehead atoms. The van der Waals surface area contributed by atoms with E-state index in [9.17, 15) is 9.36 Å². The first-order valence-corrected chi connectivity index (χ1v) is 7.23. The number of nitrogens with zero attached hydrogens (tertiary/aromatic N) is 3. The Morgan fingerprint density at radius 2 is 2.20 bits per heavy atom. The van der Waals surface area contributed by atoms with Gasteiger partial charge in [-0.15, -0.1) is 0 Å². The fraction of sp³-hybridized carbons (Fsp3) is 0.889. The van der Waals surface area contributed by atoms with Gasteiger partial charge in [0.15, 0.2) is 6.29 Å². The van der Waals surface area contributed by atoms with Crippen molar-refractivity contribution in [3.05, 3.63) is 10.4 Å². The van der Waals surface area contributed by atoms with E-state index in [4.69, 9.17) is 24.8 Å². The molecule has 0 aromatic carbocycles. The van der Waals surface area contributed by atoms with E-state index < -0.39 is 37.8 Å². The summed E-state index contributed by atoms with van der Waals surface area (Å²) < 4.78 is 25.6. The molecular formula is C9H16N3O7P. The normalized spacial score (nSPS) is 34.1. The van der Waals surface area contributed by atoms with Gasteiger partial charge >= 0.3 is 13.8 Å². The Morgan fingerprint density at radius 1 is 1.60 bits per heavy atom. The van der Waals surface area contributed by atoms with Gasteiger partial charge in [-0.05, 0) is 12.5 Å². The summed E-state index contributed by atoms with van der Waals surface area (Å²) in [6.45, 7) is 4.21. The van der Waals surface area contributed by atoms with Crippen LogP contribution >= 0.6 is 7.82 Å². The van der Waals surface area contributed by atoms with Crippen LogP contribution in [0.15, 0.2) is 5.11 Å². The summed E-state index contributed by atoms with van der Waals surface area (Å²) >= 11 is 0. The van der Waals surface area contributed by atoms with E-state index in [-0.39, 0.29) is 6.42 Å². The van der Waals surface area contributed by atoms with E-state index in [1.807, 2.05) is 0 Å². The maximum Gasteiger partial charge on any atom is 0.471 e. The molecule has 0 aromatic heterocycles. The van der Waals surface area contributed by atoms with Gasteiger partial charge in [-0.1, -0.05) is 12.0 Å². The summed E-state index contributed by atoms with van der Waals surface area (Å²) in [6.07, 6.45) is -3.08. The Bertz CT molecular complexity index is 474. The van der Waals surface area contributed by atoms with Crippen molar-refractivity contribution in [1.82, 2.24) is 0 Å². The van der Waals surface area contributed by atoms with Gasteiger partial charge in [0.2, 0.25) is 0 Å². The van der Waals surface area contributed by atoms with Gasteiger partial charge in [0.1, 0.15) is 6.10 Å². The molecule has 4 atom stereocenters. The molecule has 1 rings (SSSR count). The number of hydrogen-bond acceptors (Lipinski definition) is 6. The van der Waals surface area contributed by atoms with E-state index in [0.717, 1.165) is 0 Å². The Hall–Kier alpha value is -1.15. The van der Waals surface area contributed by atoms with Crippen LogP contribution in [0.1, 0.15) is 27.2 Å². The molecule has 1 saturated heterocycles. The van der Waals surface area contributed by atoms with Crippen molar-refractivity contribution >= 4 is 13.8 Å². The van der Waals surface area contributed by atoms with Gasteiger partial charge in [0.05, 0.1) is 11.6 Å². The standard InChI is InChI=1S/C9H16N3O7P/c1-5-8(18-6(2)13)9(3,11-12-10)4-7(17-5)19-20(14,15)16/h5,7-8H,4H2,1-3H3,(H2,14,15,16)/t5-,7-,8-,9-/m0/s1. The van der Waals surface area contributed by atoms with Crippen LogP contribution in [0.3, 0.4) is 0 Å². The maximum atomic E-state index is 11.1. The summed E-state index contributed by atoms with van der Waals surface area (Å²) in [4.78, 5) is 31.3. The molecule has 2 N–H and O–H groups in total. The predicted molar refractivity (Wildman–Crippen MR) is 65.2 cm³/mol. The zero-order chi connectivity index (χ0) is 15.6. The van der Waals surface area contributed by atoms with Crippen molar-refractivity contribution in [3.63, 3.8) is 0 Å². The zero-order valence-electron chi connectivity index (χ0n) is 11.2. The number of carbonyl (C=O) groups is 1. The Balaban J connectivity index is 3.00. The molecule has 0 saturated carbocycles. The molecule has 0 radical (unpaired) electrons. The number of carbonyl (C=O) groups excluding carboxylic acids is 1. The van der Waals surface area contributed by atoms with Crippen molar-refractivity contribution < 1.29 is 33.1 Å². The van der Waals surface area contributed by atoms with Gasteiger partial charge in [-0.3, -0.25) is 9.32 Å². The molecule has 11 heteroatoms. The van der Waals surface area contributed by atoms with Gasteiger partial charge in [-0.2, -0.15) is 0 Å². The van der Waals surface area contributed by atoms with Gasteiger partial charge in [0.25, 0.3) is 0 Å². The van der Waals surface area contributed by atoms with Crippen LogP contribution in [0, 0.1) is 0 Å². The summed E-state index contributed by atoms with van der Waals surface area (Å²) in [7, 11) is -4.75. The average molecular weight is 309 g/mol. The lowest BCUT2D eigenvalue weighted by atomic mass is 9.86. The van der Waals surface area contributed by atoms with Crippen molar-refractivity contribution in [3.8, 4) is 0 Å². The minimum atomic E-state index is -4.75. The zero-order valence-corrected chi connectivity index (χ0v) is 12.1.